The van der Waals surface area contributed by atoms with Gasteiger partial charge >= 0.3 is 0 Å². The minimum absolute atomic E-state index is 0.230. The average Bonchev–Trinajstić information content (AvgIpc) is 2.50. The number of hydrogen-bond donors (Lipinski definition) is 2. The van der Waals surface area contributed by atoms with Crippen LogP contribution >= 0.6 is 0 Å². The van der Waals surface area contributed by atoms with Gasteiger partial charge in [-0.25, -0.2) is 0 Å². The van der Waals surface area contributed by atoms with E-state index in [-0.39, 0.29) is 11.5 Å². The Kier molecular flexibility index (Phi) is 4.90. The summed E-state index contributed by atoms with van der Waals surface area (Å²) in [7, 11) is 1.63. The number of aliphatic hydroxyl groups excluding tert-OH is 1. The van der Waals surface area contributed by atoms with Crippen molar-refractivity contribution in [3.05, 3.63) is 70.1 Å². The maximum atomic E-state index is 11.9. The van der Waals surface area contributed by atoms with Crippen LogP contribution in [0.15, 0.2) is 53.5 Å². The van der Waals surface area contributed by atoms with Crippen LogP contribution in [0.2, 0.25) is 0 Å². The largest absolute Gasteiger partial charge is 0.388 e. The van der Waals surface area contributed by atoms with Gasteiger partial charge in [-0.15, -0.1) is 0 Å². The predicted molar refractivity (Wildman–Crippen MR) is 80.0 cm³/mol. The maximum absolute atomic E-state index is 11.9. The van der Waals surface area contributed by atoms with Crippen molar-refractivity contribution in [2.24, 2.45) is 7.05 Å². The fourth-order valence-corrected chi connectivity index (χ4v) is 1.96. The van der Waals surface area contributed by atoms with Gasteiger partial charge in [0.05, 0.1) is 6.10 Å². The Labute approximate surface area is 122 Å². The molecule has 1 atom stereocenters. The Morgan fingerprint density at radius 3 is 2.67 bits per heavy atom. The van der Waals surface area contributed by atoms with E-state index in [4.69, 9.17) is 0 Å². The number of pyridine rings is 1. The van der Waals surface area contributed by atoms with Gasteiger partial charge in [0.25, 0.3) is 11.5 Å². The van der Waals surface area contributed by atoms with Crippen molar-refractivity contribution in [3.63, 3.8) is 0 Å². The third kappa shape index (κ3) is 4.03. The van der Waals surface area contributed by atoms with Gasteiger partial charge in [-0.1, -0.05) is 30.3 Å². The van der Waals surface area contributed by atoms with Gasteiger partial charge in [0.1, 0.15) is 0 Å². The highest BCUT2D eigenvalue weighted by Gasteiger charge is 2.09. The smallest absolute Gasteiger partial charge is 0.251 e. The Morgan fingerprint density at radius 2 is 2.00 bits per heavy atom. The summed E-state index contributed by atoms with van der Waals surface area (Å²) in [4.78, 5) is 23.3. The minimum atomic E-state index is -0.616. The van der Waals surface area contributed by atoms with Crippen molar-refractivity contribution < 1.29 is 9.90 Å². The molecule has 0 aliphatic rings. The van der Waals surface area contributed by atoms with Crippen molar-refractivity contribution in [2.75, 3.05) is 6.54 Å². The Hall–Kier alpha value is -2.40. The van der Waals surface area contributed by atoms with E-state index in [1.165, 1.54) is 10.6 Å². The highest BCUT2D eigenvalue weighted by atomic mass is 16.3. The second kappa shape index (κ2) is 6.85. The summed E-state index contributed by atoms with van der Waals surface area (Å²) in [5.74, 6) is -0.312. The quantitative estimate of drug-likeness (QED) is 0.868. The topological polar surface area (TPSA) is 71.3 Å². The fraction of sp³-hybridized carbons (Fsp3) is 0.250. The Bertz CT molecular complexity index is 665. The van der Waals surface area contributed by atoms with Crippen LogP contribution in [0.5, 0.6) is 0 Å². The lowest BCUT2D eigenvalue weighted by atomic mass is 10.1. The molecule has 2 N–H and O–H groups in total. The first-order valence-electron chi connectivity index (χ1n) is 6.76. The van der Waals surface area contributed by atoms with E-state index < -0.39 is 6.10 Å². The van der Waals surface area contributed by atoms with Crippen LogP contribution in [0.3, 0.4) is 0 Å². The Balaban J connectivity index is 1.87. The van der Waals surface area contributed by atoms with E-state index in [1.54, 1.807) is 19.3 Å². The van der Waals surface area contributed by atoms with Gasteiger partial charge in [0.2, 0.25) is 0 Å². The number of hydrogen-bond acceptors (Lipinski definition) is 3. The van der Waals surface area contributed by atoms with Crippen molar-refractivity contribution in [1.29, 1.82) is 0 Å². The number of aromatic nitrogens is 1. The van der Waals surface area contributed by atoms with Crippen molar-refractivity contribution in [1.82, 2.24) is 9.88 Å². The van der Waals surface area contributed by atoms with Crippen LogP contribution in [0, 0.1) is 0 Å². The summed E-state index contributed by atoms with van der Waals surface area (Å²) in [6.45, 7) is 0.337. The third-order valence-corrected chi connectivity index (χ3v) is 3.25. The van der Waals surface area contributed by atoms with E-state index in [1.807, 2.05) is 30.3 Å². The number of benzene rings is 1. The first-order chi connectivity index (χ1) is 10.1. The summed E-state index contributed by atoms with van der Waals surface area (Å²) in [6, 6.07) is 12.2. The number of nitrogens with one attached hydrogen (secondary N) is 1. The molecule has 1 aromatic carbocycles. The second-order valence-electron chi connectivity index (χ2n) is 4.84. The molecule has 2 aromatic rings. The molecular weight excluding hydrogens is 268 g/mol. The molecule has 0 saturated heterocycles. The molecule has 0 saturated carbocycles. The zero-order valence-electron chi connectivity index (χ0n) is 11.8. The van der Waals surface area contributed by atoms with Crippen LogP contribution in [-0.4, -0.2) is 22.1 Å². The van der Waals surface area contributed by atoms with E-state index >= 15 is 0 Å². The fourth-order valence-electron chi connectivity index (χ4n) is 1.96. The maximum Gasteiger partial charge on any atom is 0.251 e. The van der Waals surface area contributed by atoms with E-state index in [2.05, 4.69) is 5.32 Å². The van der Waals surface area contributed by atoms with E-state index in [0.29, 0.717) is 18.5 Å². The van der Waals surface area contributed by atoms with E-state index in [0.717, 1.165) is 5.56 Å². The SMILES string of the molecule is Cn1ccc(C(=O)NCCC(O)c2ccccc2)cc1=O. The molecule has 0 aliphatic heterocycles. The lowest BCUT2D eigenvalue weighted by Crippen LogP contribution is -2.27. The monoisotopic (exact) mass is 286 g/mol. The van der Waals surface area contributed by atoms with Crippen LogP contribution in [0.1, 0.15) is 28.4 Å². The number of carbonyl (C=O) groups excluding carboxylic acids is 1. The van der Waals surface area contributed by atoms with E-state index in [9.17, 15) is 14.7 Å². The van der Waals surface area contributed by atoms with Crippen LogP contribution < -0.4 is 10.9 Å². The number of aryl methyl sites for hydroxylation is 1. The molecule has 0 fully saturated rings. The molecule has 21 heavy (non-hydrogen) atoms. The molecular formula is C16H18N2O3. The van der Waals surface area contributed by atoms with Crippen LogP contribution in [0.4, 0.5) is 0 Å². The molecule has 1 aromatic heterocycles. The molecule has 1 amide bonds. The molecule has 0 bridgehead atoms. The standard InChI is InChI=1S/C16H18N2O3/c1-18-10-8-13(11-15(18)20)16(21)17-9-7-14(19)12-5-3-2-4-6-12/h2-6,8,10-11,14,19H,7,9H2,1H3,(H,17,21). The molecule has 5 heteroatoms. The first-order valence-corrected chi connectivity index (χ1v) is 6.76. The average molecular weight is 286 g/mol. The zero-order chi connectivity index (χ0) is 15.2. The molecule has 0 aliphatic carbocycles. The number of rotatable bonds is 5. The number of nitrogens with zero attached hydrogens (tertiary/aromatic N) is 1. The van der Waals surface area contributed by atoms with Crippen LogP contribution in [0.25, 0.3) is 0 Å². The highest BCUT2D eigenvalue weighted by molar-refractivity contribution is 5.93. The zero-order valence-corrected chi connectivity index (χ0v) is 11.8. The molecule has 110 valence electrons. The Morgan fingerprint density at radius 1 is 1.29 bits per heavy atom. The normalized spacial score (nSPS) is 11.9. The van der Waals surface area contributed by atoms with Gasteiger partial charge in [-0.05, 0) is 18.1 Å². The van der Waals surface area contributed by atoms with Crippen molar-refractivity contribution >= 4 is 5.91 Å². The van der Waals surface area contributed by atoms with Crippen molar-refractivity contribution in [2.45, 2.75) is 12.5 Å². The summed E-state index contributed by atoms with van der Waals surface area (Å²) in [5, 5.41) is 12.7. The molecule has 0 spiro atoms. The number of aliphatic hydroxyl groups is 1. The summed E-state index contributed by atoms with van der Waals surface area (Å²) in [6.07, 6.45) is 1.35. The summed E-state index contributed by atoms with van der Waals surface area (Å²) in [5.41, 5.74) is 0.916. The van der Waals surface area contributed by atoms with Gasteiger partial charge < -0.3 is 15.0 Å². The number of amides is 1. The van der Waals surface area contributed by atoms with Crippen LogP contribution in [-0.2, 0) is 7.05 Å². The van der Waals surface area contributed by atoms with Crippen molar-refractivity contribution in [3.8, 4) is 0 Å². The number of carbonyl (C=O) groups is 1. The third-order valence-electron chi connectivity index (χ3n) is 3.25. The minimum Gasteiger partial charge on any atom is -0.388 e. The van der Waals surface area contributed by atoms with Gasteiger partial charge in [-0.3, -0.25) is 9.59 Å². The van der Waals surface area contributed by atoms with Gasteiger partial charge in [0.15, 0.2) is 0 Å². The van der Waals surface area contributed by atoms with Gasteiger partial charge in [-0.2, -0.15) is 0 Å². The molecule has 2 rings (SSSR count). The molecule has 1 heterocycles. The summed E-state index contributed by atoms with van der Waals surface area (Å²) < 4.78 is 1.40. The lowest BCUT2D eigenvalue weighted by molar-refractivity contribution is 0.0942. The first kappa shape index (κ1) is 15.0. The molecule has 5 nitrogen and oxygen atoms in total. The lowest BCUT2D eigenvalue weighted by Gasteiger charge is -2.11. The highest BCUT2D eigenvalue weighted by Crippen LogP contribution is 2.14. The predicted octanol–water partition coefficient (Wildman–Crippen LogP) is 1.24. The molecule has 0 radical (unpaired) electrons. The second-order valence-corrected chi connectivity index (χ2v) is 4.84. The summed E-state index contributed by atoms with van der Waals surface area (Å²) >= 11 is 0. The van der Waals surface area contributed by atoms with Gasteiger partial charge in [0, 0.05) is 31.4 Å². The molecule has 1 unspecified atom stereocenters.